The summed E-state index contributed by atoms with van der Waals surface area (Å²) in [5, 5.41) is 9.61. The molecule has 2 aliphatic rings. The van der Waals surface area contributed by atoms with E-state index in [1.54, 1.807) is 6.92 Å². The van der Waals surface area contributed by atoms with E-state index >= 15 is 0 Å². The van der Waals surface area contributed by atoms with E-state index in [1.807, 2.05) is 25.1 Å². The number of para-hydroxylation sites is 1. The summed E-state index contributed by atoms with van der Waals surface area (Å²) in [4.78, 5) is 29.5. The molecule has 0 aliphatic carbocycles. The van der Waals surface area contributed by atoms with Gasteiger partial charge in [0.1, 0.15) is 11.6 Å². The zero-order valence-electron chi connectivity index (χ0n) is 20.7. The monoisotopic (exact) mass is 445 g/mol. The van der Waals surface area contributed by atoms with Gasteiger partial charge in [-0.1, -0.05) is 59.2 Å². The van der Waals surface area contributed by atoms with Crippen molar-refractivity contribution < 1.29 is 9.59 Å². The van der Waals surface area contributed by atoms with E-state index < -0.39 is 5.91 Å². The molecule has 3 rings (SSSR count). The summed E-state index contributed by atoms with van der Waals surface area (Å²) < 4.78 is 0. The van der Waals surface area contributed by atoms with Gasteiger partial charge < -0.3 is 4.90 Å². The van der Waals surface area contributed by atoms with Crippen molar-refractivity contribution in [2.45, 2.75) is 66.2 Å². The van der Waals surface area contributed by atoms with Gasteiger partial charge in [-0.25, -0.2) is 0 Å². The number of carbonyl (C=O) groups is 2. The quantitative estimate of drug-likeness (QED) is 0.402. The van der Waals surface area contributed by atoms with E-state index in [2.05, 4.69) is 56.9 Å². The van der Waals surface area contributed by atoms with Crippen LogP contribution in [0.15, 0.2) is 58.8 Å². The number of allylic oxidation sites excluding steroid dienone is 3. The summed E-state index contributed by atoms with van der Waals surface area (Å²) in [6.45, 7) is 13.8. The molecular weight excluding hydrogens is 410 g/mol. The first-order valence-electron chi connectivity index (χ1n) is 11.9. The van der Waals surface area contributed by atoms with Crippen LogP contribution in [-0.2, 0) is 15.0 Å². The number of carbonyl (C=O) groups excluding carboxylic acids is 2. The van der Waals surface area contributed by atoms with E-state index in [9.17, 15) is 14.9 Å². The molecule has 0 radical (unpaired) electrons. The Balaban J connectivity index is 2.10. The van der Waals surface area contributed by atoms with Crippen LogP contribution in [-0.4, -0.2) is 29.8 Å². The zero-order chi connectivity index (χ0) is 24.3. The van der Waals surface area contributed by atoms with Crippen LogP contribution >= 0.6 is 0 Å². The lowest BCUT2D eigenvalue weighted by molar-refractivity contribution is -0.140. The molecule has 0 spiro atoms. The SMILES string of the molecule is CCCCN1C(=O)C(C#N)=C(C)/C(=C/C=C2/N(CCC(C)C)c3ccccc3C2(C)C)C1=O. The summed E-state index contributed by atoms with van der Waals surface area (Å²) in [6, 6.07) is 10.5. The zero-order valence-corrected chi connectivity index (χ0v) is 20.7. The van der Waals surface area contributed by atoms with E-state index in [-0.39, 0.29) is 16.9 Å². The van der Waals surface area contributed by atoms with Crippen molar-refractivity contribution in [2.24, 2.45) is 5.92 Å². The number of anilines is 1. The Bertz CT molecular complexity index is 1080. The van der Waals surface area contributed by atoms with Gasteiger partial charge in [-0.15, -0.1) is 0 Å². The minimum absolute atomic E-state index is 0.0565. The van der Waals surface area contributed by atoms with Crippen molar-refractivity contribution in [3.05, 3.63) is 64.4 Å². The molecule has 0 saturated carbocycles. The van der Waals surface area contributed by atoms with Crippen molar-refractivity contribution in [2.75, 3.05) is 18.0 Å². The Kier molecular flexibility index (Phi) is 7.27. The predicted octanol–water partition coefficient (Wildman–Crippen LogP) is 5.65. The minimum Gasteiger partial charge on any atom is -0.344 e. The van der Waals surface area contributed by atoms with Crippen LogP contribution in [0.1, 0.15) is 66.4 Å². The number of fused-ring (bicyclic) bond motifs is 1. The highest BCUT2D eigenvalue weighted by molar-refractivity contribution is 6.18. The first-order chi connectivity index (χ1) is 15.6. The number of rotatable bonds is 7. The highest BCUT2D eigenvalue weighted by Gasteiger charge is 2.40. The second-order valence-corrected chi connectivity index (χ2v) is 9.84. The average Bonchev–Trinajstić information content (AvgIpc) is 2.99. The van der Waals surface area contributed by atoms with Crippen LogP contribution < -0.4 is 4.90 Å². The number of unbranched alkanes of at least 4 members (excludes halogenated alkanes) is 1. The maximum atomic E-state index is 13.2. The molecule has 1 aromatic rings. The maximum absolute atomic E-state index is 13.2. The Morgan fingerprint density at radius 2 is 1.76 bits per heavy atom. The Morgan fingerprint density at radius 3 is 2.39 bits per heavy atom. The average molecular weight is 446 g/mol. The van der Waals surface area contributed by atoms with Gasteiger partial charge in [0.25, 0.3) is 11.8 Å². The summed E-state index contributed by atoms with van der Waals surface area (Å²) in [7, 11) is 0. The predicted molar refractivity (Wildman–Crippen MR) is 132 cm³/mol. The highest BCUT2D eigenvalue weighted by Crippen LogP contribution is 2.47. The van der Waals surface area contributed by atoms with E-state index in [1.165, 1.54) is 16.2 Å². The Morgan fingerprint density at radius 1 is 1.06 bits per heavy atom. The first-order valence-corrected chi connectivity index (χ1v) is 11.9. The highest BCUT2D eigenvalue weighted by atomic mass is 16.2. The van der Waals surface area contributed by atoms with Crippen molar-refractivity contribution >= 4 is 17.5 Å². The number of nitrogens with zero attached hydrogens (tertiary/aromatic N) is 3. The summed E-state index contributed by atoms with van der Waals surface area (Å²) in [5.41, 5.74) is 4.29. The third kappa shape index (κ3) is 4.53. The summed E-state index contributed by atoms with van der Waals surface area (Å²) in [5.74, 6) is -0.226. The molecule has 0 saturated heterocycles. The number of amides is 2. The smallest absolute Gasteiger partial charge is 0.271 e. The van der Waals surface area contributed by atoms with Gasteiger partial charge in [0, 0.05) is 35.5 Å². The Hall–Kier alpha value is -3.13. The standard InChI is InChI=1S/C28H35N3O2/c1-7-8-16-31-26(32)21(20(4)22(18-29)27(31)33)13-14-25-28(5,6)23-11-9-10-12-24(23)30(25)17-15-19(2)3/h9-14,19H,7-8,15-17H2,1-6H3/b21-13-,25-14+. The van der Waals surface area contributed by atoms with Gasteiger partial charge in [-0.2, -0.15) is 5.26 Å². The van der Waals surface area contributed by atoms with Crippen LogP contribution in [0, 0.1) is 17.2 Å². The molecule has 0 fully saturated rings. The lowest BCUT2D eigenvalue weighted by atomic mass is 9.83. The van der Waals surface area contributed by atoms with Crippen molar-refractivity contribution in [1.82, 2.24) is 4.90 Å². The minimum atomic E-state index is -0.481. The maximum Gasteiger partial charge on any atom is 0.271 e. The van der Waals surface area contributed by atoms with Crippen molar-refractivity contribution in [1.29, 1.82) is 5.26 Å². The lowest BCUT2D eigenvalue weighted by Gasteiger charge is -2.29. The van der Waals surface area contributed by atoms with Crippen LogP contribution in [0.3, 0.4) is 0 Å². The number of hydrogen-bond acceptors (Lipinski definition) is 4. The number of imide groups is 1. The summed E-state index contributed by atoms with van der Waals surface area (Å²) >= 11 is 0. The van der Waals surface area contributed by atoms with Gasteiger partial charge in [-0.3, -0.25) is 14.5 Å². The fraction of sp³-hybridized carbons (Fsp3) is 0.464. The van der Waals surface area contributed by atoms with Gasteiger partial charge in [0.15, 0.2) is 0 Å². The molecular formula is C28H35N3O2. The molecule has 0 bridgehead atoms. The summed E-state index contributed by atoms with van der Waals surface area (Å²) in [6.07, 6.45) is 6.45. The molecule has 0 aromatic heterocycles. The molecule has 1 aromatic carbocycles. The molecule has 5 nitrogen and oxygen atoms in total. The van der Waals surface area contributed by atoms with Gasteiger partial charge in [-0.05, 0) is 55.0 Å². The lowest BCUT2D eigenvalue weighted by Crippen LogP contribution is -2.43. The molecule has 5 heteroatoms. The molecule has 0 unspecified atom stereocenters. The van der Waals surface area contributed by atoms with Crippen LogP contribution in [0.25, 0.3) is 0 Å². The largest absolute Gasteiger partial charge is 0.344 e. The van der Waals surface area contributed by atoms with Gasteiger partial charge in [0.2, 0.25) is 0 Å². The third-order valence-electron chi connectivity index (χ3n) is 6.70. The van der Waals surface area contributed by atoms with Crippen LogP contribution in [0.2, 0.25) is 0 Å². The first kappa shape index (κ1) is 24.5. The Labute approximate surface area is 198 Å². The molecule has 33 heavy (non-hydrogen) atoms. The van der Waals surface area contributed by atoms with Crippen molar-refractivity contribution in [3.63, 3.8) is 0 Å². The van der Waals surface area contributed by atoms with Crippen LogP contribution in [0.5, 0.6) is 0 Å². The molecule has 174 valence electrons. The fourth-order valence-electron chi connectivity index (χ4n) is 4.61. The van der Waals surface area contributed by atoms with Gasteiger partial charge in [0.05, 0.1) is 0 Å². The van der Waals surface area contributed by atoms with E-state index in [4.69, 9.17) is 0 Å². The third-order valence-corrected chi connectivity index (χ3v) is 6.70. The second kappa shape index (κ2) is 9.79. The second-order valence-electron chi connectivity index (χ2n) is 9.84. The number of benzene rings is 1. The van der Waals surface area contributed by atoms with E-state index in [0.29, 0.717) is 23.6 Å². The van der Waals surface area contributed by atoms with E-state index in [0.717, 1.165) is 31.5 Å². The number of nitriles is 1. The van der Waals surface area contributed by atoms with Crippen LogP contribution in [0.4, 0.5) is 5.69 Å². The van der Waals surface area contributed by atoms with Gasteiger partial charge >= 0.3 is 0 Å². The topological polar surface area (TPSA) is 64.4 Å². The number of hydrogen-bond donors (Lipinski definition) is 0. The molecule has 0 N–H and O–H groups in total. The fourth-order valence-corrected chi connectivity index (χ4v) is 4.61. The molecule has 2 amide bonds. The van der Waals surface area contributed by atoms with Crippen molar-refractivity contribution in [3.8, 4) is 6.07 Å². The molecule has 0 atom stereocenters. The normalized spacial score (nSPS) is 20.3. The molecule has 2 aliphatic heterocycles. The molecule has 2 heterocycles.